The second-order valence-corrected chi connectivity index (χ2v) is 3.14. The van der Waals surface area contributed by atoms with Gasteiger partial charge in [0.05, 0.1) is 12.6 Å². The molecule has 14 heavy (non-hydrogen) atoms. The highest BCUT2D eigenvalue weighted by Crippen LogP contribution is 2.11. The first-order chi connectivity index (χ1) is 6.63. The van der Waals surface area contributed by atoms with Gasteiger partial charge in [-0.2, -0.15) is 0 Å². The molecular weight excluding hydrogens is 186 g/mol. The Morgan fingerprint density at radius 2 is 2.07 bits per heavy atom. The van der Waals surface area contributed by atoms with Crippen molar-refractivity contribution >= 4 is 6.09 Å². The number of carboxylic acid groups (broad SMARTS) is 1. The molecule has 1 amide bonds. The van der Waals surface area contributed by atoms with Gasteiger partial charge in [0.25, 0.3) is 0 Å². The fourth-order valence-corrected chi connectivity index (χ4v) is 1.24. The van der Waals surface area contributed by atoms with Crippen LogP contribution in [0.5, 0.6) is 0 Å². The lowest BCUT2D eigenvalue weighted by Crippen LogP contribution is -2.38. The molecule has 5 nitrogen and oxygen atoms in total. The van der Waals surface area contributed by atoms with Gasteiger partial charge in [-0.3, -0.25) is 0 Å². The third kappa shape index (κ3) is 5.55. The van der Waals surface area contributed by atoms with Crippen molar-refractivity contribution < 1.29 is 20.1 Å². The van der Waals surface area contributed by atoms with Crippen molar-refractivity contribution in [2.45, 2.75) is 18.9 Å². The van der Waals surface area contributed by atoms with E-state index in [1.807, 2.05) is 0 Å². The summed E-state index contributed by atoms with van der Waals surface area (Å²) in [7, 11) is 0. The van der Waals surface area contributed by atoms with Gasteiger partial charge in [-0.15, -0.1) is 6.58 Å². The summed E-state index contributed by atoms with van der Waals surface area (Å²) in [5.41, 5.74) is 0. The SMILES string of the molecule is C=CCC(CO)CC(CO)NC(=O)O. The molecule has 0 rings (SSSR count). The van der Waals surface area contributed by atoms with Gasteiger partial charge in [0.1, 0.15) is 0 Å². The van der Waals surface area contributed by atoms with Crippen LogP contribution >= 0.6 is 0 Å². The summed E-state index contributed by atoms with van der Waals surface area (Å²) in [5, 5.41) is 28.4. The number of rotatable bonds is 7. The number of aliphatic hydroxyl groups excluding tert-OH is 2. The van der Waals surface area contributed by atoms with Gasteiger partial charge in [0.15, 0.2) is 0 Å². The summed E-state index contributed by atoms with van der Waals surface area (Å²) in [5.74, 6) is -0.0588. The Kier molecular flexibility index (Phi) is 6.78. The number of hydrogen-bond acceptors (Lipinski definition) is 3. The van der Waals surface area contributed by atoms with E-state index >= 15 is 0 Å². The molecule has 0 saturated carbocycles. The molecule has 0 fully saturated rings. The summed E-state index contributed by atoms with van der Waals surface area (Å²) < 4.78 is 0. The van der Waals surface area contributed by atoms with Crippen LogP contribution in [0.4, 0.5) is 4.79 Å². The van der Waals surface area contributed by atoms with Crippen LogP contribution in [0.2, 0.25) is 0 Å². The van der Waals surface area contributed by atoms with Crippen LogP contribution in [-0.2, 0) is 0 Å². The summed E-state index contributed by atoms with van der Waals surface area (Å²) in [4.78, 5) is 10.3. The average Bonchev–Trinajstić information content (AvgIpc) is 2.15. The lowest BCUT2D eigenvalue weighted by Gasteiger charge is -2.19. The number of aliphatic hydroxyl groups is 2. The van der Waals surface area contributed by atoms with Gasteiger partial charge in [-0.05, 0) is 18.8 Å². The first-order valence-electron chi connectivity index (χ1n) is 4.46. The minimum atomic E-state index is -1.17. The molecule has 0 aliphatic rings. The number of allylic oxidation sites excluding steroid dienone is 1. The quantitative estimate of drug-likeness (QED) is 0.445. The lowest BCUT2D eigenvalue weighted by atomic mass is 9.98. The molecule has 0 aromatic carbocycles. The van der Waals surface area contributed by atoms with Gasteiger partial charge >= 0.3 is 6.09 Å². The molecule has 82 valence electrons. The maximum atomic E-state index is 10.3. The van der Waals surface area contributed by atoms with Crippen molar-refractivity contribution in [3.63, 3.8) is 0 Å². The fourth-order valence-electron chi connectivity index (χ4n) is 1.24. The van der Waals surface area contributed by atoms with Crippen LogP contribution in [0, 0.1) is 5.92 Å². The molecule has 2 atom stereocenters. The van der Waals surface area contributed by atoms with E-state index in [4.69, 9.17) is 15.3 Å². The highest BCUT2D eigenvalue weighted by Gasteiger charge is 2.15. The normalized spacial score (nSPS) is 14.4. The van der Waals surface area contributed by atoms with Gasteiger partial charge in [-0.25, -0.2) is 4.79 Å². The number of nitrogens with one attached hydrogen (secondary N) is 1. The zero-order valence-electron chi connectivity index (χ0n) is 8.02. The number of carbonyl (C=O) groups is 1. The van der Waals surface area contributed by atoms with Gasteiger partial charge in [-0.1, -0.05) is 6.08 Å². The van der Waals surface area contributed by atoms with E-state index in [1.165, 1.54) is 0 Å². The summed E-state index contributed by atoms with van der Waals surface area (Å²) in [6, 6.07) is -0.524. The van der Waals surface area contributed by atoms with Crippen LogP contribution in [0.25, 0.3) is 0 Å². The van der Waals surface area contributed by atoms with E-state index in [9.17, 15) is 4.79 Å². The number of hydrogen-bond donors (Lipinski definition) is 4. The molecule has 0 aromatic heterocycles. The first kappa shape index (κ1) is 12.9. The standard InChI is InChI=1S/C9H17NO4/c1-2-3-7(5-11)4-8(6-12)10-9(13)14/h2,7-8,10-12H,1,3-6H2,(H,13,14). The van der Waals surface area contributed by atoms with E-state index in [2.05, 4.69) is 11.9 Å². The Labute approximate surface area is 83.1 Å². The van der Waals surface area contributed by atoms with Gasteiger partial charge in [0.2, 0.25) is 0 Å². The van der Waals surface area contributed by atoms with E-state index < -0.39 is 12.1 Å². The molecule has 0 aromatic rings. The molecule has 0 radical (unpaired) electrons. The molecule has 4 N–H and O–H groups in total. The molecule has 0 spiro atoms. The lowest BCUT2D eigenvalue weighted by molar-refractivity contribution is 0.156. The van der Waals surface area contributed by atoms with Crippen LogP contribution < -0.4 is 5.32 Å². The maximum absolute atomic E-state index is 10.3. The molecule has 5 heteroatoms. The van der Waals surface area contributed by atoms with Crippen LogP contribution in [0.1, 0.15) is 12.8 Å². The van der Waals surface area contributed by atoms with Crippen LogP contribution in [0.15, 0.2) is 12.7 Å². The Bertz CT molecular complexity index is 184. The third-order valence-corrected chi connectivity index (χ3v) is 1.92. The Balaban J connectivity index is 3.99. The smallest absolute Gasteiger partial charge is 0.404 e. The molecule has 0 aliphatic heterocycles. The zero-order valence-corrected chi connectivity index (χ0v) is 8.02. The first-order valence-corrected chi connectivity index (χ1v) is 4.46. The van der Waals surface area contributed by atoms with E-state index in [0.29, 0.717) is 12.8 Å². The van der Waals surface area contributed by atoms with Crippen LogP contribution in [0.3, 0.4) is 0 Å². The zero-order chi connectivity index (χ0) is 11.0. The second-order valence-electron chi connectivity index (χ2n) is 3.14. The van der Waals surface area contributed by atoms with Crippen molar-refractivity contribution in [3.8, 4) is 0 Å². The minimum Gasteiger partial charge on any atom is -0.465 e. The molecule has 0 heterocycles. The van der Waals surface area contributed by atoms with E-state index in [0.717, 1.165) is 0 Å². The minimum absolute atomic E-state index is 0.0379. The molecule has 2 unspecified atom stereocenters. The molecule has 0 aliphatic carbocycles. The van der Waals surface area contributed by atoms with E-state index in [-0.39, 0.29) is 19.1 Å². The predicted octanol–water partition coefficient (Wildman–Crippen LogP) is 0.190. The van der Waals surface area contributed by atoms with Crippen molar-refractivity contribution in [2.75, 3.05) is 13.2 Å². The van der Waals surface area contributed by atoms with Crippen molar-refractivity contribution in [2.24, 2.45) is 5.92 Å². The molecule has 0 bridgehead atoms. The highest BCUT2D eigenvalue weighted by atomic mass is 16.4. The predicted molar refractivity (Wildman–Crippen MR) is 52.0 cm³/mol. The van der Waals surface area contributed by atoms with Crippen molar-refractivity contribution in [1.29, 1.82) is 0 Å². The van der Waals surface area contributed by atoms with Crippen LogP contribution in [-0.4, -0.2) is 40.7 Å². The average molecular weight is 203 g/mol. The summed E-state index contributed by atoms with van der Waals surface area (Å²) >= 11 is 0. The second kappa shape index (κ2) is 7.34. The fraction of sp³-hybridized carbons (Fsp3) is 0.667. The molecular formula is C9H17NO4. The van der Waals surface area contributed by atoms with Gasteiger partial charge in [0, 0.05) is 6.61 Å². The Morgan fingerprint density at radius 1 is 1.43 bits per heavy atom. The van der Waals surface area contributed by atoms with E-state index in [1.54, 1.807) is 6.08 Å². The third-order valence-electron chi connectivity index (χ3n) is 1.92. The molecule has 0 saturated heterocycles. The number of amides is 1. The topological polar surface area (TPSA) is 89.8 Å². The summed E-state index contributed by atoms with van der Waals surface area (Å²) in [6.07, 6.45) is 1.51. The van der Waals surface area contributed by atoms with Crippen molar-refractivity contribution in [3.05, 3.63) is 12.7 Å². The largest absolute Gasteiger partial charge is 0.465 e. The summed E-state index contributed by atoms with van der Waals surface area (Å²) in [6.45, 7) is 3.23. The Morgan fingerprint density at radius 3 is 2.43 bits per heavy atom. The highest BCUT2D eigenvalue weighted by molar-refractivity contribution is 5.64. The monoisotopic (exact) mass is 203 g/mol. The van der Waals surface area contributed by atoms with Gasteiger partial charge < -0.3 is 20.6 Å². The maximum Gasteiger partial charge on any atom is 0.404 e. The Hall–Kier alpha value is -1.07. The van der Waals surface area contributed by atoms with Crippen molar-refractivity contribution in [1.82, 2.24) is 5.32 Å².